The largest absolute Gasteiger partial charge is 0.489 e. The Morgan fingerprint density at radius 3 is 2.00 bits per heavy atom. The normalized spacial score (nSPS) is 15.8. The molecule has 6 heteroatoms. The lowest BCUT2D eigenvalue weighted by Crippen LogP contribution is -2.68. The molecule has 0 radical (unpaired) electrons. The highest BCUT2D eigenvalue weighted by Gasteiger charge is 2.51. The molecule has 4 rings (SSSR count). The summed E-state index contributed by atoms with van der Waals surface area (Å²) in [4.78, 5) is 2.39. The minimum Gasteiger partial charge on any atom is -0.489 e. The molecule has 0 unspecified atom stereocenters. The quantitative estimate of drug-likeness (QED) is 0.318. The highest BCUT2D eigenvalue weighted by molar-refractivity contribution is 9.10. The van der Waals surface area contributed by atoms with Gasteiger partial charge in [0, 0.05) is 30.2 Å². The Labute approximate surface area is 218 Å². The molecule has 35 heavy (non-hydrogen) atoms. The van der Waals surface area contributed by atoms with Crippen molar-refractivity contribution in [2.45, 2.75) is 44.8 Å². The fourth-order valence-corrected chi connectivity index (χ4v) is 10.2. The van der Waals surface area contributed by atoms with Crippen molar-refractivity contribution in [3.63, 3.8) is 0 Å². The third kappa shape index (κ3) is 6.05. The van der Waals surface area contributed by atoms with Crippen LogP contribution in [0.1, 0.15) is 33.6 Å². The molecule has 0 bridgehead atoms. The maximum Gasteiger partial charge on any atom is 0.261 e. The van der Waals surface area contributed by atoms with Crippen molar-refractivity contribution in [3.8, 4) is 5.75 Å². The molecular formula is C29H35BrFNO2Si. The second-order valence-corrected chi connectivity index (χ2v) is 15.4. The third-order valence-corrected chi connectivity index (χ3v) is 12.4. The molecule has 1 saturated heterocycles. The number of piperidine rings is 1. The van der Waals surface area contributed by atoms with Gasteiger partial charge in [-0.05, 0) is 46.5 Å². The monoisotopic (exact) mass is 555 g/mol. The zero-order chi connectivity index (χ0) is 24.9. The highest BCUT2D eigenvalue weighted by Crippen LogP contribution is 2.38. The van der Waals surface area contributed by atoms with Crippen LogP contribution in [-0.2, 0) is 4.43 Å². The van der Waals surface area contributed by atoms with Crippen molar-refractivity contribution in [1.29, 1.82) is 0 Å². The molecule has 1 aliphatic rings. The molecule has 0 spiro atoms. The lowest BCUT2D eigenvalue weighted by molar-refractivity contribution is 0.0846. The van der Waals surface area contributed by atoms with Crippen LogP contribution in [0.15, 0.2) is 83.3 Å². The van der Waals surface area contributed by atoms with Gasteiger partial charge in [0.15, 0.2) is 11.6 Å². The summed E-state index contributed by atoms with van der Waals surface area (Å²) in [5.74, 6) is -0.0325. The Morgan fingerprint density at radius 1 is 0.914 bits per heavy atom. The van der Waals surface area contributed by atoms with Crippen molar-refractivity contribution in [1.82, 2.24) is 4.90 Å². The Kier molecular flexibility index (Phi) is 8.48. The van der Waals surface area contributed by atoms with E-state index in [0.717, 1.165) is 32.5 Å². The number of likely N-dealkylation sites (tertiary alicyclic amines) is 1. The SMILES string of the molecule is CC(C)(C)[Si](OC1CCN(CCOc2ccc(Br)cc2F)CC1)(c1ccccc1)c1ccccc1. The predicted octanol–water partition coefficient (Wildman–Crippen LogP) is 6.01. The van der Waals surface area contributed by atoms with Gasteiger partial charge in [0.05, 0.1) is 0 Å². The molecule has 1 aliphatic heterocycles. The number of rotatable bonds is 8. The van der Waals surface area contributed by atoms with Crippen LogP contribution in [0.2, 0.25) is 5.04 Å². The fraction of sp³-hybridized carbons (Fsp3) is 0.379. The van der Waals surface area contributed by atoms with E-state index in [-0.39, 0.29) is 17.0 Å². The fourth-order valence-electron chi connectivity index (χ4n) is 5.07. The Bertz CT molecular complexity index is 1040. The van der Waals surface area contributed by atoms with Gasteiger partial charge in [-0.2, -0.15) is 0 Å². The second-order valence-electron chi connectivity index (χ2n) is 10.2. The second kappa shape index (κ2) is 11.4. The molecule has 3 aromatic carbocycles. The van der Waals surface area contributed by atoms with Crippen LogP contribution in [0.3, 0.4) is 0 Å². The van der Waals surface area contributed by atoms with Crippen molar-refractivity contribution in [2.24, 2.45) is 0 Å². The molecule has 1 fully saturated rings. The summed E-state index contributed by atoms with van der Waals surface area (Å²) in [5.41, 5.74) is 0. The Hall–Kier alpha value is -1.99. The standard InChI is InChI=1S/C29H35BrFNO2Si/c1-29(2,3)35(25-10-6-4-7-11-25,26-12-8-5-9-13-26)34-24-16-18-32(19-17-24)20-21-33-28-15-14-23(30)22-27(28)31/h4-15,22,24H,16-21H2,1-3H3. The molecule has 1 heterocycles. The number of ether oxygens (including phenoxy) is 1. The van der Waals surface area contributed by atoms with E-state index >= 15 is 0 Å². The van der Waals surface area contributed by atoms with Crippen LogP contribution in [0.4, 0.5) is 4.39 Å². The smallest absolute Gasteiger partial charge is 0.261 e. The number of nitrogens with zero attached hydrogens (tertiary/aromatic N) is 1. The van der Waals surface area contributed by atoms with Crippen molar-refractivity contribution >= 4 is 34.6 Å². The van der Waals surface area contributed by atoms with Crippen molar-refractivity contribution in [2.75, 3.05) is 26.2 Å². The summed E-state index contributed by atoms with van der Waals surface area (Å²) in [6, 6.07) is 26.6. The third-order valence-electron chi connectivity index (χ3n) is 6.85. The predicted molar refractivity (Wildman–Crippen MR) is 148 cm³/mol. The minimum atomic E-state index is -2.53. The van der Waals surface area contributed by atoms with E-state index in [4.69, 9.17) is 9.16 Å². The van der Waals surface area contributed by atoms with E-state index in [9.17, 15) is 4.39 Å². The van der Waals surface area contributed by atoms with Gasteiger partial charge in [-0.25, -0.2) is 4.39 Å². The lowest BCUT2D eigenvalue weighted by atomic mass is 10.1. The molecule has 0 N–H and O–H groups in total. The Balaban J connectivity index is 1.43. The average Bonchev–Trinajstić information content (AvgIpc) is 2.85. The van der Waals surface area contributed by atoms with Gasteiger partial charge in [0.1, 0.15) is 6.61 Å². The van der Waals surface area contributed by atoms with Crippen molar-refractivity contribution < 1.29 is 13.6 Å². The van der Waals surface area contributed by atoms with Crippen LogP contribution in [0.5, 0.6) is 5.75 Å². The van der Waals surface area contributed by atoms with Crippen molar-refractivity contribution in [3.05, 3.63) is 89.2 Å². The number of halogens is 2. The number of benzene rings is 3. The van der Waals surface area contributed by atoms with Gasteiger partial charge in [0.2, 0.25) is 0 Å². The summed E-state index contributed by atoms with van der Waals surface area (Å²) in [6.07, 6.45) is 2.18. The van der Waals surface area contributed by atoms with E-state index in [1.165, 1.54) is 16.4 Å². The molecule has 0 amide bonds. The van der Waals surface area contributed by atoms with Gasteiger partial charge in [-0.3, -0.25) is 4.90 Å². The molecule has 0 aromatic heterocycles. The van der Waals surface area contributed by atoms with Crippen LogP contribution in [-0.4, -0.2) is 45.6 Å². The van der Waals surface area contributed by atoms with E-state index in [1.807, 2.05) is 0 Å². The van der Waals surface area contributed by atoms with Gasteiger partial charge in [-0.1, -0.05) is 97.4 Å². The maximum absolute atomic E-state index is 14.0. The molecule has 3 aromatic rings. The summed E-state index contributed by atoms with van der Waals surface area (Å²) in [7, 11) is -2.53. The highest BCUT2D eigenvalue weighted by atomic mass is 79.9. The maximum atomic E-state index is 14.0. The van der Waals surface area contributed by atoms with E-state index in [0.29, 0.717) is 16.8 Å². The topological polar surface area (TPSA) is 21.7 Å². The first kappa shape index (κ1) is 26.1. The van der Waals surface area contributed by atoms with Gasteiger partial charge >= 0.3 is 0 Å². The first-order valence-electron chi connectivity index (χ1n) is 12.4. The average molecular weight is 557 g/mol. The van der Waals surface area contributed by atoms with Crippen LogP contribution in [0.25, 0.3) is 0 Å². The molecule has 3 nitrogen and oxygen atoms in total. The Morgan fingerprint density at radius 2 is 1.49 bits per heavy atom. The van der Waals surface area contributed by atoms with Gasteiger partial charge in [0.25, 0.3) is 8.32 Å². The zero-order valence-electron chi connectivity index (χ0n) is 20.8. The summed E-state index contributed by atoms with van der Waals surface area (Å²) in [6.45, 7) is 10.1. The van der Waals surface area contributed by atoms with Gasteiger partial charge < -0.3 is 9.16 Å². The molecule has 0 saturated carbocycles. The van der Waals surface area contributed by atoms with E-state index in [1.54, 1.807) is 12.1 Å². The molecule has 0 aliphatic carbocycles. The minimum absolute atomic E-state index is 0.0184. The number of hydrogen-bond donors (Lipinski definition) is 0. The molecule has 186 valence electrons. The van der Waals surface area contributed by atoms with Crippen LogP contribution < -0.4 is 15.1 Å². The van der Waals surface area contributed by atoms with Gasteiger partial charge in [-0.15, -0.1) is 0 Å². The molecular weight excluding hydrogens is 521 g/mol. The molecule has 0 atom stereocenters. The zero-order valence-corrected chi connectivity index (χ0v) is 23.4. The number of hydrogen-bond acceptors (Lipinski definition) is 3. The van der Waals surface area contributed by atoms with E-state index < -0.39 is 8.32 Å². The summed E-state index contributed by atoms with van der Waals surface area (Å²) < 4.78 is 27.7. The van der Waals surface area contributed by atoms with E-state index in [2.05, 4.69) is 102 Å². The van der Waals surface area contributed by atoms with Crippen LogP contribution in [0, 0.1) is 5.82 Å². The lowest BCUT2D eigenvalue weighted by Gasteiger charge is -2.46. The van der Waals surface area contributed by atoms with Crippen LogP contribution >= 0.6 is 15.9 Å². The first-order valence-corrected chi connectivity index (χ1v) is 15.1. The summed E-state index contributed by atoms with van der Waals surface area (Å²) >= 11 is 3.28. The summed E-state index contributed by atoms with van der Waals surface area (Å²) in [5, 5.41) is 2.63. The first-order chi connectivity index (χ1) is 16.8.